The average molecular weight is 321 g/mol. The molecule has 5 nitrogen and oxygen atoms in total. The highest BCUT2D eigenvalue weighted by Crippen LogP contribution is 2.30. The quantitative estimate of drug-likeness (QED) is 0.749. The number of nitrogens with two attached hydrogens (primary N) is 1. The van der Waals surface area contributed by atoms with Crippen LogP contribution in [0.3, 0.4) is 0 Å². The fourth-order valence-electron chi connectivity index (χ4n) is 2.65. The van der Waals surface area contributed by atoms with Crippen molar-refractivity contribution in [3.05, 3.63) is 59.8 Å². The van der Waals surface area contributed by atoms with Crippen molar-refractivity contribution < 1.29 is 9.53 Å². The summed E-state index contributed by atoms with van der Waals surface area (Å²) in [7, 11) is 0. The third-order valence-electron chi connectivity index (χ3n) is 3.68. The average Bonchev–Trinajstić information content (AvgIpc) is 2.56. The zero-order chi connectivity index (χ0) is 17.1. The molecule has 0 fully saturated rings. The van der Waals surface area contributed by atoms with Crippen LogP contribution in [-0.2, 0) is 0 Å². The summed E-state index contributed by atoms with van der Waals surface area (Å²) in [6.07, 6.45) is 0. The Hall–Kier alpha value is -3.08. The molecule has 0 spiro atoms. The van der Waals surface area contributed by atoms with Crippen LogP contribution in [0.1, 0.15) is 23.0 Å². The number of pyridine rings is 1. The third-order valence-corrected chi connectivity index (χ3v) is 3.68. The lowest BCUT2D eigenvalue weighted by Crippen LogP contribution is -2.13. The molecule has 122 valence electrons. The van der Waals surface area contributed by atoms with E-state index in [9.17, 15) is 4.79 Å². The maximum atomic E-state index is 11.6. The molecule has 0 unspecified atom stereocenters. The Morgan fingerprint density at radius 3 is 2.71 bits per heavy atom. The topological polar surface area (TPSA) is 77.2 Å². The van der Waals surface area contributed by atoms with E-state index in [2.05, 4.69) is 10.3 Å². The molecule has 2 aromatic carbocycles. The van der Waals surface area contributed by atoms with Crippen LogP contribution >= 0.6 is 0 Å². The van der Waals surface area contributed by atoms with Gasteiger partial charge in [0.2, 0.25) is 0 Å². The summed E-state index contributed by atoms with van der Waals surface area (Å²) in [4.78, 5) is 16.2. The van der Waals surface area contributed by atoms with E-state index >= 15 is 0 Å². The van der Waals surface area contributed by atoms with Gasteiger partial charge in [-0.05, 0) is 50.2 Å². The summed E-state index contributed by atoms with van der Waals surface area (Å²) in [6.45, 7) is 4.47. The number of hydrogen-bond donors (Lipinski definition) is 2. The van der Waals surface area contributed by atoms with Gasteiger partial charge < -0.3 is 15.8 Å². The second-order valence-electron chi connectivity index (χ2n) is 5.46. The van der Waals surface area contributed by atoms with Gasteiger partial charge in [0.1, 0.15) is 5.75 Å². The summed E-state index contributed by atoms with van der Waals surface area (Å²) in [5, 5.41) is 4.23. The van der Waals surface area contributed by atoms with Crippen LogP contribution in [0, 0.1) is 6.92 Å². The summed E-state index contributed by atoms with van der Waals surface area (Å²) in [5.74, 6) is 0.310. The number of nitrogens with one attached hydrogen (secondary N) is 1. The monoisotopic (exact) mass is 321 g/mol. The molecule has 0 bridgehead atoms. The molecule has 0 aliphatic heterocycles. The van der Waals surface area contributed by atoms with Gasteiger partial charge in [-0.1, -0.05) is 12.1 Å². The molecule has 3 N–H and O–H groups in total. The number of carbonyl (C=O) groups is 1. The molecule has 1 heterocycles. The number of hydrogen-bond acceptors (Lipinski definition) is 4. The molecule has 0 saturated carbocycles. The van der Waals surface area contributed by atoms with E-state index in [0.717, 1.165) is 28.0 Å². The maximum absolute atomic E-state index is 11.6. The Morgan fingerprint density at radius 2 is 1.96 bits per heavy atom. The molecule has 0 aliphatic rings. The van der Waals surface area contributed by atoms with E-state index < -0.39 is 5.91 Å². The van der Waals surface area contributed by atoms with Gasteiger partial charge >= 0.3 is 0 Å². The van der Waals surface area contributed by atoms with Crippen molar-refractivity contribution in [2.24, 2.45) is 5.73 Å². The van der Waals surface area contributed by atoms with Crippen molar-refractivity contribution in [2.45, 2.75) is 13.8 Å². The van der Waals surface area contributed by atoms with E-state index in [4.69, 9.17) is 10.5 Å². The van der Waals surface area contributed by atoms with Crippen LogP contribution in [0.2, 0.25) is 0 Å². The summed E-state index contributed by atoms with van der Waals surface area (Å²) < 4.78 is 5.58. The number of aromatic nitrogens is 1. The minimum absolute atomic E-state index is 0.445. The first-order valence-electron chi connectivity index (χ1n) is 7.78. The third kappa shape index (κ3) is 3.15. The first-order chi connectivity index (χ1) is 11.6. The predicted octanol–water partition coefficient (Wildman–Crippen LogP) is 3.78. The molecule has 0 aliphatic carbocycles. The number of para-hydroxylation sites is 1. The zero-order valence-electron chi connectivity index (χ0n) is 13.7. The Bertz CT molecular complexity index is 906. The first-order valence-corrected chi connectivity index (χ1v) is 7.78. The van der Waals surface area contributed by atoms with Crippen LogP contribution in [0.4, 0.5) is 11.4 Å². The molecule has 1 amide bonds. The largest absolute Gasteiger partial charge is 0.494 e. The van der Waals surface area contributed by atoms with E-state index in [1.807, 2.05) is 50.2 Å². The van der Waals surface area contributed by atoms with Crippen LogP contribution in [0.5, 0.6) is 5.75 Å². The number of nitrogens with zero attached hydrogens (tertiary/aromatic N) is 1. The van der Waals surface area contributed by atoms with Gasteiger partial charge in [0.25, 0.3) is 5.91 Å². The second-order valence-corrected chi connectivity index (χ2v) is 5.46. The molecule has 5 heteroatoms. The van der Waals surface area contributed by atoms with Gasteiger partial charge in [0.05, 0.1) is 23.4 Å². The minimum atomic E-state index is -0.469. The minimum Gasteiger partial charge on any atom is -0.494 e. The van der Waals surface area contributed by atoms with Crippen LogP contribution in [-0.4, -0.2) is 17.5 Å². The van der Waals surface area contributed by atoms with Crippen molar-refractivity contribution in [1.29, 1.82) is 0 Å². The molecular formula is C19H19N3O2. The number of carbonyl (C=O) groups excluding carboxylic acids is 1. The van der Waals surface area contributed by atoms with Gasteiger partial charge in [-0.3, -0.25) is 9.78 Å². The van der Waals surface area contributed by atoms with Gasteiger partial charge in [-0.25, -0.2) is 0 Å². The summed E-state index contributed by atoms with van der Waals surface area (Å²) in [6, 6.07) is 14.9. The molecule has 0 atom stereocenters. The van der Waals surface area contributed by atoms with Gasteiger partial charge in [0.15, 0.2) is 0 Å². The van der Waals surface area contributed by atoms with Gasteiger partial charge in [0, 0.05) is 16.8 Å². The predicted molar refractivity (Wildman–Crippen MR) is 95.9 cm³/mol. The Balaban J connectivity index is 2.11. The van der Waals surface area contributed by atoms with E-state index in [-0.39, 0.29) is 0 Å². The van der Waals surface area contributed by atoms with E-state index in [1.165, 1.54) is 0 Å². The molecule has 3 rings (SSSR count). The molecule has 0 radical (unpaired) electrons. The number of fused-ring (bicyclic) bond motifs is 1. The first kappa shape index (κ1) is 15.8. The highest BCUT2D eigenvalue weighted by molar-refractivity contribution is 6.01. The summed E-state index contributed by atoms with van der Waals surface area (Å²) >= 11 is 0. The zero-order valence-corrected chi connectivity index (χ0v) is 13.7. The Labute approximate surface area is 140 Å². The number of benzene rings is 2. The lowest BCUT2D eigenvalue weighted by molar-refractivity contribution is 0.100. The van der Waals surface area contributed by atoms with E-state index in [1.54, 1.807) is 12.1 Å². The van der Waals surface area contributed by atoms with Gasteiger partial charge in [-0.15, -0.1) is 0 Å². The summed E-state index contributed by atoms with van der Waals surface area (Å²) in [5.41, 5.74) is 9.17. The van der Waals surface area contributed by atoms with E-state index in [0.29, 0.717) is 17.9 Å². The SMILES string of the molecule is CCOc1ccc2nc(C)cc(Nc3ccccc3C(N)=O)c2c1. The highest BCUT2D eigenvalue weighted by atomic mass is 16.5. The molecule has 0 saturated heterocycles. The van der Waals surface area contributed by atoms with Crippen molar-refractivity contribution in [1.82, 2.24) is 4.98 Å². The fraction of sp³-hybridized carbons (Fsp3) is 0.158. The van der Waals surface area contributed by atoms with Crippen molar-refractivity contribution >= 4 is 28.2 Å². The number of ether oxygens (including phenoxy) is 1. The smallest absolute Gasteiger partial charge is 0.250 e. The van der Waals surface area contributed by atoms with Crippen LogP contribution in [0.15, 0.2) is 48.5 Å². The van der Waals surface area contributed by atoms with Gasteiger partial charge in [-0.2, -0.15) is 0 Å². The number of primary amides is 1. The second kappa shape index (κ2) is 6.58. The fourth-order valence-corrected chi connectivity index (χ4v) is 2.65. The Morgan fingerprint density at radius 1 is 1.17 bits per heavy atom. The van der Waals surface area contributed by atoms with Crippen LogP contribution in [0.25, 0.3) is 10.9 Å². The Kier molecular flexibility index (Phi) is 4.33. The highest BCUT2D eigenvalue weighted by Gasteiger charge is 2.11. The molecule has 1 aromatic heterocycles. The standard InChI is InChI=1S/C19H19N3O2/c1-3-24-13-8-9-17-15(11-13)18(10-12(2)21-17)22-16-7-5-4-6-14(16)19(20)23/h4-11H,3H2,1-2H3,(H2,20,23)(H,21,22). The van der Waals surface area contributed by atoms with Crippen molar-refractivity contribution in [2.75, 3.05) is 11.9 Å². The maximum Gasteiger partial charge on any atom is 0.250 e. The number of amides is 1. The number of anilines is 2. The number of rotatable bonds is 5. The normalized spacial score (nSPS) is 10.6. The number of aryl methyl sites for hydroxylation is 1. The van der Waals surface area contributed by atoms with Crippen molar-refractivity contribution in [3.63, 3.8) is 0 Å². The molecular weight excluding hydrogens is 302 g/mol. The van der Waals surface area contributed by atoms with Crippen molar-refractivity contribution in [3.8, 4) is 5.75 Å². The molecule has 3 aromatic rings. The lowest BCUT2D eigenvalue weighted by atomic mass is 10.1. The molecule has 24 heavy (non-hydrogen) atoms. The lowest BCUT2D eigenvalue weighted by Gasteiger charge is -2.14. The van der Waals surface area contributed by atoms with Crippen LogP contribution < -0.4 is 15.8 Å².